The minimum Gasteiger partial charge on any atom is -0.480 e. The third-order valence-electron chi connectivity index (χ3n) is 3.67. The number of hydrogen-bond acceptors (Lipinski definition) is 5. The van der Waals surface area contributed by atoms with E-state index in [-0.39, 0.29) is 24.7 Å². The molecule has 1 amide bonds. The summed E-state index contributed by atoms with van der Waals surface area (Å²) in [5.74, 6) is -0.232. The van der Waals surface area contributed by atoms with E-state index in [0.29, 0.717) is 12.5 Å². The van der Waals surface area contributed by atoms with Gasteiger partial charge in [-0.05, 0) is 19.3 Å². The molecule has 19 heavy (non-hydrogen) atoms. The third kappa shape index (κ3) is 2.07. The lowest BCUT2D eigenvalue weighted by atomic mass is 10.0. The average molecular weight is 265 g/mol. The summed E-state index contributed by atoms with van der Waals surface area (Å²) < 4.78 is 0. The van der Waals surface area contributed by atoms with Crippen molar-refractivity contribution in [2.45, 2.75) is 30.7 Å². The van der Waals surface area contributed by atoms with Gasteiger partial charge in [0.15, 0.2) is 0 Å². The van der Waals surface area contributed by atoms with Crippen LogP contribution in [0, 0.1) is 0 Å². The fraction of sp³-hybridized carbons (Fsp3) is 0.636. The SMILES string of the molecule is NC1(C(=O)O)CCN(C(=O)c2n[nH]c(C3CC3)n2)C1. The van der Waals surface area contributed by atoms with E-state index in [1.54, 1.807) is 0 Å². The van der Waals surface area contributed by atoms with Gasteiger partial charge in [0.25, 0.3) is 5.91 Å². The normalized spacial score (nSPS) is 26.7. The first-order valence-electron chi connectivity index (χ1n) is 6.23. The summed E-state index contributed by atoms with van der Waals surface area (Å²) in [4.78, 5) is 28.7. The molecule has 0 radical (unpaired) electrons. The number of hydrogen-bond donors (Lipinski definition) is 3. The van der Waals surface area contributed by atoms with Crippen molar-refractivity contribution in [3.63, 3.8) is 0 Å². The van der Waals surface area contributed by atoms with Crippen molar-refractivity contribution in [1.82, 2.24) is 20.1 Å². The number of H-pyrrole nitrogens is 1. The van der Waals surface area contributed by atoms with Crippen molar-refractivity contribution in [2.24, 2.45) is 5.73 Å². The Labute approximate surface area is 109 Å². The molecule has 2 fully saturated rings. The first kappa shape index (κ1) is 12.1. The summed E-state index contributed by atoms with van der Waals surface area (Å²) in [5.41, 5.74) is 4.37. The van der Waals surface area contributed by atoms with Gasteiger partial charge >= 0.3 is 5.97 Å². The predicted octanol–water partition coefficient (Wildman–Crippen LogP) is -0.690. The van der Waals surface area contributed by atoms with Crippen LogP contribution in [0.15, 0.2) is 0 Å². The lowest BCUT2D eigenvalue weighted by Crippen LogP contribution is -2.50. The van der Waals surface area contributed by atoms with Gasteiger partial charge in [0, 0.05) is 19.0 Å². The molecule has 1 unspecified atom stereocenters. The van der Waals surface area contributed by atoms with Crippen LogP contribution in [-0.2, 0) is 4.79 Å². The molecule has 3 rings (SSSR count). The van der Waals surface area contributed by atoms with Crippen LogP contribution in [0.25, 0.3) is 0 Å². The van der Waals surface area contributed by atoms with Crippen molar-refractivity contribution in [3.8, 4) is 0 Å². The van der Waals surface area contributed by atoms with E-state index in [4.69, 9.17) is 10.8 Å². The second-order valence-electron chi connectivity index (χ2n) is 5.26. The van der Waals surface area contributed by atoms with Gasteiger partial charge in [-0.15, -0.1) is 5.10 Å². The molecule has 0 aromatic carbocycles. The van der Waals surface area contributed by atoms with Gasteiger partial charge in [0.1, 0.15) is 11.4 Å². The average Bonchev–Trinajstić information content (AvgIpc) is 2.97. The number of carboxylic acids is 1. The summed E-state index contributed by atoms with van der Waals surface area (Å²) >= 11 is 0. The Morgan fingerprint density at radius 3 is 2.79 bits per heavy atom. The first-order valence-corrected chi connectivity index (χ1v) is 6.23. The standard InChI is InChI=1S/C11H15N5O3/c12-11(10(18)19)3-4-16(5-11)9(17)8-13-7(14-15-8)6-1-2-6/h6H,1-5,12H2,(H,18,19)(H,13,14,15). The highest BCUT2D eigenvalue weighted by Gasteiger charge is 2.43. The monoisotopic (exact) mass is 265 g/mol. The van der Waals surface area contributed by atoms with Gasteiger partial charge in [-0.2, -0.15) is 0 Å². The Kier molecular flexibility index (Phi) is 2.56. The predicted molar refractivity (Wildman–Crippen MR) is 63.4 cm³/mol. The number of aromatic nitrogens is 3. The molecule has 1 aliphatic heterocycles. The van der Waals surface area contributed by atoms with Crippen molar-refractivity contribution in [3.05, 3.63) is 11.6 Å². The van der Waals surface area contributed by atoms with Gasteiger partial charge in [-0.3, -0.25) is 14.7 Å². The zero-order valence-electron chi connectivity index (χ0n) is 10.3. The van der Waals surface area contributed by atoms with E-state index >= 15 is 0 Å². The number of carbonyl (C=O) groups excluding carboxylic acids is 1. The van der Waals surface area contributed by atoms with Gasteiger partial charge in [0.05, 0.1) is 0 Å². The summed E-state index contributed by atoms with van der Waals surface area (Å²) in [5, 5.41) is 15.7. The number of likely N-dealkylation sites (tertiary alicyclic amines) is 1. The van der Waals surface area contributed by atoms with Gasteiger partial charge < -0.3 is 15.7 Å². The maximum Gasteiger partial charge on any atom is 0.325 e. The van der Waals surface area contributed by atoms with Crippen molar-refractivity contribution in [2.75, 3.05) is 13.1 Å². The fourth-order valence-corrected chi connectivity index (χ4v) is 2.23. The van der Waals surface area contributed by atoms with Crippen LogP contribution in [0.3, 0.4) is 0 Å². The minimum absolute atomic E-state index is 0.00549. The molecular formula is C11H15N5O3. The topological polar surface area (TPSA) is 125 Å². The number of nitrogens with two attached hydrogens (primary N) is 1. The number of aromatic amines is 1. The third-order valence-corrected chi connectivity index (χ3v) is 3.67. The maximum atomic E-state index is 12.1. The molecule has 0 bridgehead atoms. The molecule has 4 N–H and O–H groups in total. The van der Waals surface area contributed by atoms with E-state index in [0.717, 1.165) is 18.7 Å². The van der Waals surface area contributed by atoms with E-state index in [1.165, 1.54) is 4.90 Å². The highest BCUT2D eigenvalue weighted by Crippen LogP contribution is 2.37. The zero-order valence-corrected chi connectivity index (χ0v) is 10.3. The first-order chi connectivity index (χ1) is 8.99. The second kappa shape index (κ2) is 4.02. The molecule has 1 aromatic rings. The van der Waals surface area contributed by atoms with Gasteiger partial charge in [0.2, 0.25) is 5.82 Å². The highest BCUT2D eigenvalue weighted by atomic mass is 16.4. The molecule has 8 nitrogen and oxygen atoms in total. The van der Waals surface area contributed by atoms with Crippen molar-refractivity contribution < 1.29 is 14.7 Å². The Bertz CT molecular complexity index is 538. The lowest BCUT2D eigenvalue weighted by Gasteiger charge is -2.18. The largest absolute Gasteiger partial charge is 0.480 e. The van der Waals surface area contributed by atoms with E-state index in [2.05, 4.69) is 15.2 Å². The quantitative estimate of drug-likeness (QED) is 0.664. The van der Waals surface area contributed by atoms with Gasteiger partial charge in [-0.25, -0.2) is 4.98 Å². The molecule has 8 heteroatoms. The number of amides is 1. The molecule has 1 saturated carbocycles. The zero-order chi connectivity index (χ0) is 13.6. The Hall–Kier alpha value is -1.96. The summed E-state index contributed by atoms with van der Waals surface area (Å²) in [7, 11) is 0. The number of nitrogens with zero attached hydrogens (tertiary/aromatic N) is 3. The van der Waals surface area contributed by atoms with Crippen LogP contribution in [-0.4, -0.2) is 55.7 Å². The Morgan fingerprint density at radius 1 is 1.47 bits per heavy atom. The Morgan fingerprint density at radius 2 is 2.21 bits per heavy atom. The second-order valence-corrected chi connectivity index (χ2v) is 5.26. The van der Waals surface area contributed by atoms with Crippen LogP contribution >= 0.6 is 0 Å². The van der Waals surface area contributed by atoms with Gasteiger partial charge in [-0.1, -0.05) is 0 Å². The van der Waals surface area contributed by atoms with E-state index in [1.807, 2.05) is 0 Å². The number of aliphatic carboxylic acids is 1. The smallest absolute Gasteiger partial charge is 0.325 e. The van der Waals surface area contributed by atoms with E-state index in [9.17, 15) is 9.59 Å². The van der Waals surface area contributed by atoms with E-state index < -0.39 is 11.5 Å². The summed E-state index contributed by atoms with van der Waals surface area (Å²) in [6.07, 6.45) is 2.38. The molecule has 2 aliphatic rings. The van der Waals surface area contributed by atoms with Crippen molar-refractivity contribution >= 4 is 11.9 Å². The number of rotatable bonds is 3. The molecule has 1 saturated heterocycles. The number of carbonyl (C=O) groups is 2. The summed E-state index contributed by atoms with van der Waals surface area (Å²) in [6, 6.07) is 0. The molecule has 0 spiro atoms. The number of carboxylic acid groups (broad SMARTS) is 1. The molecule has 1 atom stereocenters. The highest BCUT2D eigenvalue weighted by molar-refractivity contribution is 5.92. The molecule has 1 aliphatic carbocycles. The molecule has 2 heterocycles. The Balaban J connectivity index is 1.72. The van der Waals surface area contributed by atoms with Crippen LogP contribution < -0.4 is 5.73 Å². The minimum atomic E-state index is -1.36. The molecule has 102 valence electrons. The van der Waals surface area contributed by atoms with Crippen LogP contribution in [0.1, 0.15) is 41.6 Å². The molecular weight excluding hydrogens is 250 g/mol. The molecule has 1 aromatic heterocycles. The summed E-state index contributed by atoms with van der Waals surface area (Å²) in [6.45, 7) is 0.309. The number of nitrogens with one attached hydrogen (secondary N) is 1. The van der Waals surface area contributed by atoms with Crippen LogP contribution in [0.5, 0.6) is 0 Å². The van der Waals surface area contributed by atoms with Crippen LogP contribution in [0.4, 0.5) is 0 Å². The lowest BCUT2D eigenvalue weighted by molar-refractivity contribution is -0.142. The maximum absolute atomic E-state index is 12.1. The fourth-order valence-electron chi connectivity index (χ4n) is 2.23. The van der Waals surface area contributed by atoms with Crippen LogP contribution in [0.2, 0.25) is 0 Å². The van der Waals surface area contributed by atoms with Crippen molar-refractivity contribution in [1.29, 1.82) is 0 Å².